The zero-order valence-corrected chi connectivity index (χ0v) is 17.9. The zero-order chi connectivity index (χ0) is 17.6. The van der Waals surface area contributed by atoms with Gasteiger partial charge in [-0.2, -0.15) is 0 Å². The van der Waals surface area contributed by atoms with Crippen molar-refractivity contribution in [1.82, 2.24) is 15.5 Å². The maximum Gasteiger partial charge on any atom is 0.156 e. The third-order valence-electron chi connectivity index (χ3n) is 3.34. The molecule has 0 atom stereocenters. The highest BCUT2D eigenvalue weighted by Gasteiger charge is 2.06. The second-order valence-electron chi connectivity index (χ2n) is 5.09. The SMILES string of the molecule is C(CCSC1=NCCN1)CSC1=NCCN1.CCN(CC)C(=S)S. The number of thioether (sulfide) groups is 2. The minimum atomic E-state index is 0.690. The van der Waals surface area contributed by atoms with Crippen LogP contribution in [0.15, 0.2) is 9.98 Å². The Hall–Kier alpha value is -0.120. The average Bonchev–Trinajstić information content (AvgIpc) is 3.26. The topological polar surface area (TPSA) is 52.0 Å². The standard InChI is InChI=1S/C10H18N4S2.C5H11NS2/c1(7-15-9-11-3-4-12-9)2-8-16-10-13-5-6-14-10;1-3-6(4-2)5(7)8/h1-8H2,(H,11,12)(H,13,14);3-4H2,1-2H3,(H,7,8). The molecule has 0 spiro atoms. The molecule has 2 N–H and O–H groups in total. The third-order valence-corrected chi connectivity index (χ3v) is 5.96. The molecule has 2 rings (SSSR count). The molecule has 0 aromatic heterocycles. The molecule has 0 saturated heterocycles. The molecule has 5 nitrogen and oxygen atoms in total. The number of hydrogen-bond acceptors (Lipinski definition) is 7. The smallest absolute Gasteiger partial charge is 0.156 e. The number of nitrogens with one attached hydrogen (secondary N) is 2. The van der Waals surface area contributed by atoms with Gasteiger partial charge in [-0.3, -0.25) is 9.98 Å². The molecule has 0 aromatic carbocycles. The molecule has 138 valence electrons. The average molecular weight is 408 g/mol. The van der Waals surface area contributed by atoms with Crippen LogP contribution in [0.5, 0.6) is 0 Å². The predicted octanol–water partition coefficient (Wildman–Crippen LogP) is 2.69. The Kier molecular flexibility index (Phi) is 12.9. The lowest BCUT2D eigenvalue weighted by molar-refractivity contribution is 0.482. The summed E-state index contributed by atoms with van der Waals surface area (Å²) in [7, 11) is 0. The van der Waals surface area contributed by atoms with E-state index in [4.69, 9.17) is 12.2 Å². The fraction of sp³-hybridized carbons (Fsp3) is 0.800. The molecular formula is C15H29N5S4. The lowest BCUT2D eigenvalue weighted by atomic mass is 10.4. The summed E-state index contributed by atoms with van der Waals surface area (Å²) < 4.78 is 0.690. The molecule has 2 aliphatic rings. The lowest BCUT2D eigenvalue weighted by Gasteiger charge is -2.16. The van der Waals surface area contributed by atoms with Gasteiger partial charge in [-0.25, -0.2) is 0 Å². The van der Waals surface area contributed by atoms with Gasteiger partial charge in [-0.1, -0.05) is 35.7 Å². The highest BCUT2D eigenvalue weighted by Crippen LogP contribution is 2.12. The van der Waals surface area contributed by atoms with Crippen LogP contribution in [0.3, 0.4) is 0 Å². The van der Waals surface area contributed by atoms with Gasteiger partial charge < -0.3 is 15.5 Å². The lowest BCUT2D eigenvalue weighted by Crippen LogP contribution is -2.24. The number of nitrogens with zero attached hydrogens (tertiary/aromatic N) is 3. The number of hydrogen-bond donors (Lipinski definition) is 3. The van der Waals surface area contributed by atoms with Crippen LogP contribution in [0.4, 0.5) is 0 Å². The van der Waals surface area contributed by atoms with Gasteiger partial charge >= 0.3 is 0 Å². The second-order valence-corrected chi connectivity index (χ2v) is 8.37. The van der Waals surface area contributed by atoms with Gasteiger partial charge in [0.25, 0.3) is 0 Å². The van der Waals surface area contributed by atoms with E-state index in [0.717, 1.165) is 49.6 Å². The van der Waals surface area contributed by atoms with E-state index in [1.807, 2.05) is 28.4 Å². The van der Waals surface area contributed by atoms with E-state index in [-0.39, 0.29) is 0 Å². The van der Waals surface area contributed by atoms with Crippen LogP contribution < -0.4 is 10.6 Å². The van der Waals surface area contributed by atoms with Crippen LogP contribution in [0.25, 0.3) is 0 Å². The maximum atomic E-state index is 4.81. The van der Waals surface area contributed by atoms with Crippen LogP contribution in [-0.4, -0.2) is 70.3 Å². The van der Waals surface area contributed by atoms with Crippen molar-refractivity contribution >= 4 is 63.0 Å². The summed E-state index contributed by atoms with van der Waals surface area (Å²) in [5.74, 6) is 2.35. The molecule has 0 aromatic rings. The van der Waals surface area contributed by atoms with E-state index >= 15 is 0 Å². The van der Waals surface area contributed by atoms with Gasteiger partial charge in [0.2, 0.25) is 0 Å². The summed E-state index contributed by atoms with van der Waals surface area (Å²) in [6.07, 6.45) is 2.51. The number of unbranched alkanes of at least 4 members (excludes halogenated alkanes) is 1. The second kappa shape index (κ2) is 14.1. The van der Waals surface area contributed by atoms with E-state index in [9.17, 15) is 0 Å². The summed E-state index contributed by atoms with van der Waals surface area (Å²) >= 11 is 12.5. The first-order valence-corrected chi connectivity index (χ1v) is 11.3. The molecule has 9 heteroatoms. The Bertz CT molecular complexity index is 396. The number of thiocarbonyl (C=S) groups is 1. The van der Waals surface area contributed by atoms with Crippen molar-refractivity contribution in [2.75, 3.05) is 50.8 Å². The first kappa shape index (κ1) is 21.9. The van der Waals surface area contributed by atoms with E-state index in [2.05, 4.69) is 47.1 Å². The van der Waals surface area contributed by atoms with Crippen molar-refractivity contribution in [3.05, 3.63) is 0 Å². The van der Waals surface area contributed by atoms with Crippen LogP contribution in [0.1, 0.15) is 26.7 Å². The summed E-state index contributed by atoms with van der Waals surface area (Å²) in [6, 6.07) is 0. The van der Waals surface area contributed by atoms with Gasteiger partial charge in [0.1, 0.15) is 4.32 Å². The number of rotatable bonds is 7. The summed E-state index contributed by atoms with van der Waals surface area (Å²) in [4.78, 5) is 10.7. The van der Waals surface area contributed by atoms with Crippen molar-refractivity contribution in [2.45, 2.75) is 26.7 Å². The fourth-order valence-corrected chi connectivity index (χ4v) is 4.38. The Morgan fingerprint density at radius 2 is 1.50 bits per heavy atom. The van der Waals surface area contributed by atoms with E-state index in [1.54, 1.807) is 0 Å². The summed E-state index contributed by atoms with van der Waals surface area (Å²) in [5, 5.41) is 8.81. The Morgan fingerprint density at radius 1 is 1.04 bits per heavy atom. The van der Waals surface area contributed by atoms with Crippen LogP contribution in [-0.2, 0) is 0 Å². The molecule has 0 bridgehead atoms. The molecule has 0 unspecified atom stereocenters. The number of amidine groups is 2. The van der Waals surface area contributed by atoms with Crippen molar-refractivity contribution in [1.29, 1.82) is 0 Å². The van der Waals surface area contributed by atoms with Gasteiger partial charge in [0.15, 0.2) is 10.3 Å². The van der Waals surface area contributed by atoms with E-state index < -0.39 is 0 Å². The number of aliphatic imine (C=N–C) groups is 2. The number of thiol groups is 1. The van der Waals surface area contributed by atoms with Crippen LogP contribution in [0.2, 0.25) is 0 Å². The highest BCUT2D eigenvalue weighted by atomic mass is 32.2. The largest absolute Gasteiger partial charge is 0.363 e. The van der Waals surface area contributed by atoms with Crippen molar-refractivity contribution in [2.24, 2.45) is 9.98 Å². The Morgan fingerprint density at radius 3 is 1.75 bits per heavy atom. The third kappa shape index (κ3) is 10.0. The molecule has 0 radical (unpaired) electrons. The molecule has 0 saturated carbocycles. The van der Waals surface area contributed by atoms with Crippen LogP contribution in [0, 0.1) is 0 Å². The summed E-state index contributed by atoms with van der Waals surface area (Å²) in [6.45, 7) is 9.97. The first-order valence-electron chi connectivity index (χ1n) is 8.47. The van der Waals surface area contributed by atoms with Gasteiger partial charge in [0, 0.05) is 37.7 Å². The normalized spacial score (nSPS) is 15.6. The highest BCUT2D eigenvalue weighted by molar-refractivity contribution is 8.14. The minimum Gasteiger partial charge on any atom is -0.363 e. The van der Waals surface area contributed by atoms with E-state index in [1.165, 1.54) is 24.3 Å². The van der Waals surface area contributed by atoms with Crippen molar-refractivity contribution in [3.8, 4) is 0 Å². The molecule has 0 amide bonds. The Labute approximate surface area is 165 Å². The molecule has 2 aliphatic heterocycles. The van der Waals surface area contributed by atoms with Gasteiger partial charge in [-0.15, -0.1) is 12.6 Å². The van der Waals surface area contributed by atoms with Crippen LogP contribution >= 0.6 is 48.4 Å². The Balaban J connectivity index is 0.000000307. The molecule has 2 heterocycles. The molecule has 0 fully saturated rings. The van der Waals surface area contributed by atoms with Gasteiger partial charge in [0.05, 0.1) is 13.1 Å². The maximum absolute atomic E-state index is 4.81. The first-order chi connectivity index (χ1) is 11.7. The molecular weight excluding hydrogens is 378 g/mol. The fourth-order valence-electron chi connectivity index (χ4n) is 1.98. The molecule has 24 heavy (non-hydrogen) atoms. The van der Waals surface area contributed by atoms with Gasteiger partial charge in [-0.05, 0) is 26.7 Å². The van der Waals surface area contributed by atoms with Crippen molar-refractivity contribution in [3.63, 3.8) is 0 Å². The predicted molar refractivity (Wildman–Crippen MR) is 119 cm³/mol. The molecule has 0 aliphatic carbocycles. The quantitative estimate of drug-likeness (QED) is 0.343. The zero-order valence-electron chi connectivity index (χ0n) is 14.6. The minimum absolute atomic E-state index is 0.690. The van der Waals surface area contributed by atoms with Crippen molar-refractivity contribution < 1.29 is 0 Å². The summed E-state index contributed by atoms with van der Waals surface area (Å²) in [5.41, 5.74) is 0. The monoisotopic (exact) mass is 407 g/mol. The van der Waals surface area contributed by atoms with E-state index in [0.29, 0.717) is 4.32 Å².